The summed E-state index contributed by atoms with van der Waals surface area (Å²) in [6.07, 6.45) is 2.34. The Labute approximate surface area is 157 Å². The van der Waals surface area contributed by atoms with E-state index >= 15 is 0 Å². The molecule has 27 heavy (non-hydrogen) atoms. The molecule has 0 spiro atoms. The molecule has 0 saturated carbocycles. The van der Waals surface area contributed by atoms with Crippen molar-refractivity contribution in [3.8, 4) is 0 Å². The molecule has 3 rings (SSSR count). The second-order valence-corrected chi connectivity index (χ2v) is 6.95. The fraction of sp³-hybridized carbons (Fsp3) is 0.350. The number of benzene rings is 1. The lowest BCUT2D eigenvalue weighted by molar-refractivity contribution is -0.129. The van der Waals surface area contributed by atoms with Crippen LogP contribution in [0.25, 0.3) is 10.9 Å². The highest BCUT2D eigenvalue weighted by Crippen LogP contribution is 2.19. The number of H-pyrrole nitrogens is 1. The first-order valence-electron chi connectivity index (χ1n) is 8.99. The number of fused-ring (bicyclic) bond motifs is 1. The van der Waals surface area contributed by atoms with Crippen LogP contribution in [0.3, 0.4) is 0 Å². The van der Waals surface area contributed by atoms with Gasteiger partial charge < -0.3 is 20.1 Å². The van der Waals surface area contributed by atoms with E-state index in [4.69, 9.17) is 4.52 Å². The monoisotopic (exact) mass is 368 g/mol. The van der Waals surface area contributed by atoms with Gasteiger partial charge in [-0.15, -0.1) is 0 Å². The third-order valence-corrected chi connectivity index (χ3v) is 4.20. The maximum Gasteiger partial charge on any atom is 0.243 e. The summed E-state index contributed by atoms with van der Waals surface area (Å²) in [5.74, 6) is 0.165. The van der Waals surface area contributed by atoms with E-state index in [2.05, 4.69) is 20.8 Å². The van der Waals surface area contributed by atoms with Crippen molar-refractivity contribution in [2.45, 2.75) is 45.7 Å². The van der Waals surface area contributed by atoms with Crippen molar-refractivity contribution in [1.29, 1.82) is 0 Å². The Hall–Kier alpha value is -3.09. The maximum absolute atomic E-state index is 12.6. The van der Waals surface area contributed by atoms with Crippen LogP contribution >= 0.6 is 0 Å². The van der Waals surface area contributed by atoms with Gasteiger partial charge in [-0.3, -0.25) is 9.59 Å². The van der Waals surface area contributed by atoms with Gasteiger partial charge in [0, 0.05) is 35.6 Å². The van der Waals surface area contributed by atoms with Crippen LogP contribution in [0.2, 0.25) is 0 Å². The molecule has 2 aromatic heterocycles. The Morgan fingerprint density at radius 3 is 2.70 bits per heavy atom. The quantitative estimate of drug-likeness (QED) is 0.595. The lowest BCUT2D eigenvalue weighted by atomic mass is 10.0. The molecular weight excluding hydrogens is 344 g/mol. The Kier molecular flexibility index (Phi) is 5.59. The van der Waals surface area contributed by atoms with Gasteiger partial charge in [0.05, 0.1) is 12.1 Å². The van der Waals surface area contributed by atoms with Crippen LogP contribution in [0.1, 0.15) is 30.9 Å². The molecule has 2 amide bonds. The van der Waals surface area contributed by atoms with E-state index in [1.165, 1.54) is 0 Å². The number of nitrogens with zero attached hydrogens (tertiary/aromatic N) is 1. The zero-order valence-electron chi connectivity index (χ0n) is 15.7. The summed E-state index contributed by atoms with van der Waals surface area (Å²) in [4.78, 5) is 28.3. The van der Waals surface area contributed by atoms with Gasteiger partial charge in [-0.2, -0.15) is 0 Å². The number of carbonyl (C=O) groups excluding carboxylic acids is 2. The summed E-state index contributed by atoms with van der Waals surface area (Å²) < 4.78 is 4.99. The molecule has 0 aliphatic rings. The van der Waals surface area contributed by atoms with E-state index in [0.717, 1.165) is 16.5 Å². The number of aryl methyl sites for hydroxylation is 1. The molecule has 142 valence electrons. The normalized spacial score (nSPS) is 12.3. The fourth-order valence-corrected chi connectivity index (χ4v) is 3.03. The van der Waals surface area contributed by atoms with E-state index in [-0.39, 0.29) is 24.3 Å². The van der Waals surface area contributed by atoms with Crippen molar-refractivity contribution in [1.82, 2.24) is 20.8 Å². The van der Waals surface area contributed by atoms with Gasteiger partial charge in [-0.1, -0.05) is 23.4 Å². The van der Waals surface area contributed by atoms with Gasteiger partial charge in [-0.05, 0) is 32.4 Å². The Morgan fingerprint density at radius 1 is 1.22 bits per heavy atom. The van der Waals surface area contributed by atoms with E-state index in [1.807, 2.05) is 44.3 Å². The number of aromatic nitrogens is 2. The Morgan fingerprint density at radius 2 is 2.00 bits per heavy atom. The molecule has 0 saturated heterocycles. The SMILES string of the molecule is Cc1cc(CC(=O)NC(Cc2c[nH]c3ccccc23)C(=O)NC(C)C)no1. The van der Waals surface area contributed by atoms with Gasteiger partial charge in [0.1, 0.15) is 11.8 Å². The molecule has 1 aromatic carbocycles. The Balaban J connectivity index is 1.76. The molecule has 1 unspecified atom stereocenters. The predicted octanol–water partition coefficient (Wildman–Crippen LogP) is 2.26. The highest BCUT2D eigenvalue weighted by atomic mass is 16.5. The van der Waals surface area contributed by atoms with Gasteiger partial charge in [0.25, 0.3) is 0 Å². The van der Waals surface area contributed by atoms with E-state index in [1.54, 1.807) is 13.0 Å². The van der Waals surface area contributed by atoms with Crippen molar-refractivity contribution in [3.05, 3.63) is 53.5 Å². The molecule has 0 aliphatic heterocycles. The number of aromatic amines is 1. The van der Waals surface area contributed by atoms with E-state index in [9.17, 15) is 9.59 Å². The lowest BCUT2D eigenvalue weighted by Crippen LogP contribution is -2.50. The summed E-state index contributed by atoms with van der Waals surface area (Å²) in [7, 11) is 0. The minimum absolute atomic E-state index is 0.0157. The molecule has 3 N–H and O–H groups in total. The molecule has 1 atom stereocenters. The first-order valence-corrected chi connectivity index (χ1v) is 8.99. The van der Waals surface area contributed by atoms with E-state index in [0.29, 0.717) is 17.9 Å². The number of nitrogens with one attached hydrogen (secondary N) is 3. The number of para-hydroxylation sites is 1. The summed E-state index contributed by atoms with van der Waals surface area (Å²) in [6.45, 7) is 5.55. The van der Waals surface area contributed by atoms with Crippen LogP contribution in [-0.4, -0.2) is 34.0 Å². The molecule has 7 nitrogen and oxygen atoms in total. The minimum Gasteiger partial charge on any atom is -0.361 e. The summed E-state index contributed by atoms with van der Waals surface area (Å²) in [5, 5.41) is 10.6. The Bertz CT molecular complexity index is 942. The number of rotatable bonds is 7. The van der Waals surface area contributed by atoms with Gasteiger partial charge in [0.15, 0.2) is 0 Å². The van der Waals surface area contributed by atoms with Crippen LogP contribution < -0.4 is 10.6 Å². The molecule has 0 fully saturated rings. The van der Waals surface area contributed by atoms with Crippen LogP contribution in [0, 0.1) is 6.92 Å². The topological polar surface area (TPSA) is 100 Å². The van der Waals surface area contributed by atoms with Crippen molar-refractivity contribution >= 4 is 22.7 Å². The molecule has 7 heteroatoms. The molecular formula is C20H24N4O3. The minimum atomic E-state index is -0.674. The van der Waals surface area contributed by atoms with Crippen molar-refractivity contribution in [3.63, 3.8) is 0 Å². The van der Waals surface area contributed by atoms with E-state index < -0.39 is 6.04 Å². The van der Waals surface area contributed by atoms with Crippen LogP contribution in [0.5, 0.6) is 0 Å². The molecule has 2 heterocycles. The van der Waals surface area contributed by atoms with Crippen LogP contribution in [0.4, 0.5) is 0 Å². The van der Waals surface area contributed by atoms with Crippen molar-refractivity contribution in [2.24, 2.45) is 0 Å². The second-order valence-electron chi connectivity index (χ2n) is 6.95. The maximum atomic E-state index is 12.6. The number of carbonyl (C=O) groups is 2. The molecule has 0 bridgehead atoms. The van der Waals surface area contributed by atoms with Crippen molar-refractivity contribution in [2.75, 3.05) is 0 Å². The van der Waals surface area contributed by atoms with Gasteiger partial charge >= 0.3 is 0 Å². The molecule has 3 aromatic rings. The first kappa shape index (κ1) is 18.7. The zero-order chi connectivity index (χ0) is 19.4. The zero-order valence-corrected chi connectivity index (χ0v) is 15.7. The average Bonchev–Trinajstić information content (AvgIpc) is 3.20. The second kappa shape index (κ2) is 8.07. The molecule has 0 radical (unpaired) electrons. The third kappa shape index (κ3) is 4.75. The van der Waals surface area contributed by atoms with Crippen LogP contribution in [0.15, 0.2) is 41.1 Å². The first-order chi connectivity index (χ1) is 12.9. The standard InChI is InChI=1S/C20H24N4O3/c1-12(2)22-20(26)18(23-19(25)10-15-8-13(3)27-24-15)9-14-11-21-17-7-5-4-6-16(14)17/h4-8,11-12,18,21H,9-10H2,1-3H3,(H,22,26)(H,23,25). The average molecular weight is 368 g/mol. The smallest absolute Gasteiger partial charge is 0.243 e. The largest absolute Gasteiger partial charge is 0.361 e. The predicted molar refractivity (Wildman–Crippen MR) is 102 cm³/mol. The molecule has 0 aliphatic carbocycles. The summed E-state index contributed by atoms with van der Waals surface area (Å²) in [5.41, 5.74) is 2.52. The van der Waals surface area contributed by atoms with Crippen molar-refractivity contribution < 1.29 is 14.1 Å². The fourth-order valence-electron chi connectivity index (χ4n) is 3.03. The number of hydrogen-bond donors (Lipinski definition) is 3. The lowest BCUT2D eigenvalue weighted by Gasteiger charge is -2.19. The highest BCUT2D eigenvalue weighted by Gasteiger charge is 2.23. The van der Waals surface area contributed by atoms with Gasteiger partial charge in [-0.25, -0.2) is 0 Å². The number of amides is 2. The summed E-state index contributed by atoms with van der Waals surface area (Å²) in [6, 6.07) is 8.90. The van der Waals surface area contributed by atoms with Crippen LogP contribution in [-0.2, 0) is 22.4 Å². The highest BCUT2D eigenvalue weighted by molar-refractivity contribution is 5.90. The van der Waals surface area contributed by atoms with Gasteiger partial charge in [0.2, 0.25) is 11.8 Å². The summed E-state index contributed by atoms with van der Waals surface area (Å²) >= 11 is 0. The third-order valence-electron chi connectivity index (χ3n) is 4.20. The number of hydrogen-bond acceptors (Lipinski definition) is 4.